The van der Waals surface area contributed by atoms with Gasteiger partial charge in [0.15, 0.2) is 0 Å². The molecule has 2 rings (SSSR count). The van der Waals surface area contributed by atoms with Crippen LogP contribution in [0.25, 0.3) is 0 Å². The number of nitrogens with zero attached hydrogens (tertiary/aromatic N) is 3. The van der Waals surface area contributed by atoms with Crippen molar-refractivity contribution in [2.24, 2.45) is 0 Å². The quantitative estimate of drug-likeness (QED) is 0.812. The maximum absolute atomic E-state index is 10.5. The van der Waals surface area contributed by atoms with Crippen molar-refractivity contribution >= 4 is 11.9 Å². The van der Waals surface area contributed by atoms with E-state index in [-0.39, 0.29) is 12.7 Å². The van der Waals surface area contributed by atoms with E-state index in [2.05, 4.69) is 14.9 Å². The third-order valence-electron chi connectivity index (χ3n) is 3.24. The highest BCUT2D eigenvalue weighted by Crippen LogP contribution is 2.19. The molecule has 7 heteroatoms. The number of ether oxygens (including phenoxy) is 2. The number of carbonyl (C=O) groups is 1. The number of hydrogen-bond donors (Lipinski definition) is 1. The van der Waals surface area contributed by atoms with E-state index in [9.17, 15) is 4.79 Å². The fraction of sp³-hybridized carbons (Fsp3) is 0.643. The highest BCUT2D eigenvalue weighted by Gasteiger charge is 2.22. The topological polar surface area (TPSA) is 84.8 Å². The minimum absolute atomic E-state index is 0.00289. The number of carboxylic acid groups (broad SMARTS) is 1. The van der Waals surface area contributed by atoms with Gasteiger partial charge in [-0.15, -0.1) is 0 Å². The molecule has 1 aromatic rings. The van der Waals surface area contributed by atoms with Crippen LogP contribution in [0, 0.1) is 0 Å². The summed E-state index contributed by atoms with van der Waals surface area (Å²) < 4.78 is 10.8. The molecule has 116 valence electrons. The Balaban J connectivity index is 1.85. The zero-order chi connectivity index (χ0) is 15.1. The summed E-state index contributed by atoms with van der Waals surface area (Å²) in [6.45, 7) is 3.95. The maximum Gasteiger partial charge on any atom is 0.329 e. The first kappa shape index (κ1) is 15.5. The van der Waals surface area contributed by atoms with Crippen molar-refractivity contribution in [2.75, 3.05) is 31.2 Å². The summed E-state index contributed by atoms with van der Waals surface area (Å²) in [5.41, 5.74) is 0. The van der Waals surface area contributed by atoms with Gasteiger partial charge in [0, 0.05) is 25.4 Å². The second-order valence-electron chi connectivity index (χ2n) is 4.93. The van der Waals surface area contributed by atoms with Gasteiger partial charge >= 0.3 is 5.97 Å². The van der Waals surface area contributed by atoms with Crippen LogP contribution >= 0.6 is 0 Å². The van der Waals surface area contributed by atoms with E-state index in [0.717, 1.165) is 32.4 Å². The molecule has 1 aliphatic rings. The summed E-state index contributed by atoms with van der Waals surface area (Å²) in [7, 11) is 0. The van der Waals surface area contributed by atoms with Gasteiger partial charge in [-0.05, 0) is 19.3 Å². The second kappa shape index (κ2) is 7.78. The molecule has 0 aliphatic carbocycles. The number of hydrogen-bond acceptors (Lipinski definition) is 6. The average Bonchev–Trinajstić information content (AvgIpc) is 2.51. The van der Waals surface area contributed by atoms with Crippen molar-refractivity contribution in [3.63, 3.8) is 0 Å². The molecule has 0 saturated carbocycles. The van der Waals surface area contributed by atoms with Crippen LogP contribution in [0.1, 0.15) is 26.2 Å². The molecular weight excluding hydrogens is 274 g/mol. The molecule has 0 spiro atoms. The van der Waals surface area contributed by atoms with Gasteiger partial charge in [-0.2, -0.15) is 4.98 Å². The summed E-state index contributed by atoms with van der Waals surface area (Å²) >= 11 is 0. The lowest BCUT2D eigenvalue weighted by Crippen LogP contribution is -2.38. The summed E-state index contributed by atoms with van der Waals surface area (Å²) in [5, 5.41) is 8.61. The standard InChI is InChI=1S/C14H21N3O4/c1-2-9-20-12-3-6-15-14(16-12)17-7-4-11(5-8-17)21-10-13(18)19/h3,6,11H,2,4-5,7-10H2,1H3,(H,18,19). The molecule has 0 atom stereocenters. The first-order chi connectivity index (χ1) is 10.2. The SMILES string of the molecule is CCCOc1ccnc(N2CCC(OCC(=O)O)CC2)n1. The Morgan fingerprint density at radius 3 is 2.90 bits per heavy atom. The normalized spacial score (nSPS) is 16.0. The van der Waals surface area contributed by atoms with Crippen LogP contribution in [0.2, 0.25) is 0 Å². The summed E-state index contributed by atoms with van der Waals surface area (Å²) in [4.78, 5) is 21.2. The first-order valence-electron chi connectivity index (χ1n) is 7.23. The Labute approximate surface area is 123 Å². The van der Waals surface area contributed by atoms with Crippen molar-refractivity contribution in [3.05, 3.63) is 12.3 Å². The fourth-order valence-electron chi connectivity index (χ4n) is 2.18. The smallest absolute Gasteiger partial charge is 0.329 e. The van der Waals surface area contributed by atoms with Gasteiger partial charge in [0.25, 0.3) is 0 Å². The van der Waals surface area contributed by atoms with Crippen LogP contribution in [0.5, 0.6) is 5.88 Å². The van der Waals surface area contributed by atoms with E-state index in [0.29, 0.717) is 18.4 Å². The first-order valence-corrected chi connectivity index (χ1v) is 7.23. The lowest BCUT2D eigenvalue weighted by atomic mass is 10.1. The van der Waals surface area contributed by atoms with Crippen molar-refractivity contribution in [1.82, 2.24) is 9.97 Å². The highest BCUT2D eigenvalue weighted by atomic mass is 16.5. The third-order valence-corrected chi connectivity index (χ3v) is 3.24. The van der Waals surface area contributed by atoms with E-state index in [4.69, 9.17) is 14.6 Å². The minimum Gasteiger partial charge on any atom is -0.480 e. The number of aliphatic carboxylic acids is 1. The number of piperidine rings is 1. The number of rotatable bonds is 7. The number of anilines is 1. The van der Waals surface area contributed by atoms with Crippen molar-refractivity contribution < 1.29 is 19.4 Å². The number of aromatic nitrogens is 2. The van der Waals surface area contributed by atoms with Gasteiger partial charge in [-0.3, -0.25) is 0 Å². The predicted molar refractivity (Wildman–Crippen MR) is 76.6 cm³/mol. The Hall–Kier alpha value is -1.89. The molecule has 1 N–H and O–H groups in total. The summed E-state index contributed by atoms with van der Waals surface area (Å²) in [6, 6.07) is 1.75. The van der Waals surface area contributed by atoms with Crippen LogP contribution in [-0.2, 0) is 9.53 Å². The maximum atomic E-state index is 10.5. The monoisotopic (exact) mass is 295 g/mol. The van der Waals surface area contributed by atoms with Crippen LogP contribution in [0.4, 0.5) is 5.95 Å². The predicted octanol–water partition coefficient (Wildman–Crippen LogP) is 1.34. The second-order valence-corrected chi connectivity index (χ2v) is 4.93. The third kappa shape index (κ3) is 4.86. The van der Waals surface area contributed by atoms with Gasteiger partial charge < -0.3 is 19.5 Å². The summed E-state index contributed by atoms with van der Waals surface area (Å²) in [5.74, 6) is 0.313. The zero-order valence-corrected chi connectivity index (χ0v) is 12.2. The van der Waals surface area contributed by atoms with Gasteiger partial charge in [-0.25, -0.2) is 9.78 Å². The van der Waals surface area contributed by atoms with Crippen LogP contribution in [0.15, 0.2) is 12.3 Å². The minimum atomic E-state index is -0.929. The van der Waals surface area contributed by atoms with Crippen molar-refractivity contribution in [3.8, 4) is 5.88 Å². The molecule has 2 heterocycles. The Morgan fingerprint density at radius 1 is 1.48 bits per heavy atom. The van der Waals surface area contributed by atoms with E-state index >= 15 is 0 Å². The molecule has 1 aliphatic heterocycles. The van der Waals surface area contributed by atoms with Crippen LogP contribution in [0.3, 0.4) is 0 Å². The largest absolute Gasteiger partial charge is 0.480 e. The van der Waals surface area contributed by atoms with Crippen molar-refractivity contribution in [2.45, 2.75) is 32.3 Å². The van der Waals surface area contributed by atoms with E-state index in [1.54, 1.807) is 12.3 Å². The fourth-order valence-corrected chi connectivity index (χ4v) is 2.18. The van der Waals surface area contributed by atoms with Crippen LogP contribution < -0.4 is 9.64 Å². The number of carboxylic acids is 1. The van der Waals surface area contributed by atoms with E-state index < -0.39 is 5.97 Å². The lowest BCUT2D eigenvalue weighted by molar-refractivity contribution is -0.144. The molecule has 1 aromatic heterocycles. The Kier molecular flexibility index (Phi) is 5.74. The van der Waals surface area contributed by atoms with E-state index in [1.165, 1.54) is 0 Å². The summed E-state index contributed by atoms with van der Waals surface area (Å²) in [6.07, 6.45) is 4.18. The van der Waals surface area contributed by atoms with Crippen LogP contribution in [-0.4, -0.2) is 53.5 Å². The van der Waals surface area contributed by atoms with Gasteiger partial charge in [-0.1, -0.05) is 6.92 Å². The molecule has 0 bridgehead atoms. The lowest BCUT2D eigenvalue weighted by Gasteiger charge is -2.31. The molecule has 0 unspecified atom stereocenters. The van der Waals surface area contributed by atoms with Crippen molar-refractivity contribution in [1.29, 1.82) is 0 Å². The highest BCUT2D eigenvalue weighted by molar-refractivity contribution is 5.68. The van der Waals surface area contributed by atoms with Gasteiger partial charge in [0.05, 0.1) is 12.7 Å². The van der Waals surface area contributed by atoms with Gasteiger partial charge in [0.1, 0.15) is 6.61 Å². The Bertz CT molecular complexity index is 461. The molecule has 0 amide bonds. The molecule has 1 saturated heterocycles. The molecular formula is C14H21N3O4. The average molecular weight is 295 g/mol. The van der Waals surface area contributed by atoms with E-state index in [1.807, 2.05) is 6.92 Å². The molecule has 0 radical (unpaired) electrons. The molecule has 7 nitrogen and oxygen atoms in total. The van der Waals surface area contributed by atoms with Gasteiger partial charge in [0.2, 0.25) is 11.8 Å². The molecule has 0 aromatic carbocycles. The zero-order valence-electron chi connectivity index (χ0n) is 12.2. The molecule has 21 heavy (non-hydrogen) atoms. The Morgan fingerprint density at radius 2 is 2.24 bits per heavy atom. The molecule has 1 fully saturated rings.